The first-order chi connectivity index (χ1) is 7.74. The SMILES string of the molecule is Cc1ncccc1C(=O)N1CCC[C@H]1CO. The molecule has 86 valence electrons. The van der Waals surface area contributed by atoms with E-state index in [1.807, 2.05) is 6.92 Å². The predicted molar refractivity (Wildman–Crippen MR) is 60.1 cm³/mol. The lowest BCUT2D eigenvalue weighted by Gasteiger charge is -2.23. The standard InChI is InChI=1S/C12H16N2O2/c1-9-11(5-2-6-13-9)12(16)14-7-3-4-10(14)8-15/h2,5-6,10,15H,3-4,7-8H2,1H3/t10-/m0/s1. The molecule has 2 heterocycles. The van der Waals surface area contributed by atoms with Crippen molar-refractivity contribution in [1.29, 1.82) is 0 Å². The molecule has 0 aliphatic carbocycles. The summed E-state index contributed by atoms with van der Waals surface area (Å²) in [7, 11) is 0. The molecule has 0 radical (unpaired) electrons. The number of hydrogen-bond donors (Lipinski definition) is 1. The second-order valence-electron chi connectivity index (χ2n) is 4.11. The van der Waals surface area contributed by atoms with E-state index in [1.54, 1.807) is 23.2 Å². The van der Waals surface area contributed by atoms with Crippen LogP contribution in [0.3, 0.4) is 0 Å². The zero-order valence-corrected chi connectivity index (χ0v) is 9.39. The number of hydrogen-bond acceptors (Lipinski definition) is 3. The van der Waals surface area contributed by atoms with Crippen molar-refractivity contribution in [3.8, 4) is 0 Å². The Hall–Kier alpha value is -1.42. The maximum Gasteiger partial charge on any atom is 0.256 e. The molecule has 1 aromatic heterocycles. The number of nitrogens with zero attached hydrogens (tertiary/aromatic N) is 2. The molecule has 0 aromatic carbocycles. The van der Waals surface area contributed by atoms with Gasteiger partial charge < -0.3 is 10.0 Å². The van der Waals surface area contributed by atoms with E-state index in [0.717, 1.165) is 25.1 Å². The van der Waals surface area contributed by atoms with E-state index in [0.29, 0.717) is 5.56 Å². The molecule has 0 bridgehead atoms. The van der Waals surface area contributed by atoms with Crippen molar-refractivity contribution in [3.05, 3.63) is 29.6 Å². The Morgan fingerprint density at radius 2 is 2.50 bits per heavy atom. The summed E-state index contributed by atoms with van der Waals surface area (Å²) in [5, 5.41) is 9.19. The van der Waals surface area contributed by atoms with E-state index in [1.165, 1.54) is 0 Å². The quantitative estimate of drug-likeness (QED) is 0.808. The maximum atomic E-state index is 12.2. The fraction of sp³-hybridized carbons (Fsp3) is 0.500. The Balaban J connectivity index is 2.22. The summed E-state index contributed by atoms with van der Waals surface area (Å²) in [6.07, 6.45) is 3.54. The van der Waals surface area contributed by atoms with Crippen molar-refractivity contribution < 1.29 is 9.90 Å². The lowest BCUT2D eigenvalue weighted by atomic mass is 10.1. The highest BCUT2D eigenvalue weighted by Gasteiger charge is 2.29. The third kappa shape index (κ3) is 1.93. The van der Waals surface area contributed by atoms with Crippen LogP contribution in [-0.4, -0.2) is 40.1 Å². The van der Waals surface area contributed by atoms with Gasteiger partial charge in [0.1, 0.15) is 0 Å². The van der Waals surface area contributed by atoms with Gasteiger partial charge in [-0.3, -0.25) is 9.78 Å². The average molecular weight is 220 g/mol. The van der Waals surface area contributed by atoms with Crippen molar-refractivity contribution in [2.45, 2.75) is 25.8 Å². The highest BCUT2D eigenvalue weighted by atomic mass is 16.3. The molecular weight excluding hydrogens is 204 g/mol. The molecule has 1 amide bonds. The fourth-order valence-corrected chi connectivity index (χ4v) is 2.16. The van der Waals surface area contributed by atoms with Gasteiger partial charge in [-0.25, -0.2) is 0 Å². The van der Waals surface area contributed by atoms with Crippen LogP contribution in [0.1, 0.15) is 28.9 Å². The molecule has 1 saturated heterocycles. The summed E-state index contributed by atoms with van der Waals surface area (Å²) >= 11 is 0. The highest BCUT2D eigenvalue weighted by Crippen LogP contribution is 2.20. The molecular formula is C12H16N2O2. The molecule has 0 saturated carbocycles. The van der Waals surface area contributed by atoms with E-state index in [9.17, 15) is 9.90 Å². The van der Waals surface area contributed by atoms with Crippen LogP contribution in [0.15, 0.2) is 18.3 Å². The molecule has 1 aromatic rings. The molecule has 16 heavy (non-hydrogen) atoms. The van der Waals surface area contributed by atoms with Crippen LogP contribution in [0, 0.1) is 6.92 Å². The van der Waals surface area contributed by atoms with E-state index in [-0.39, 0.29) is 18.6 Å². The molecule has 4 heteroatoms. The Labute approximate surface area is 94.9 Å². The fourth-order valence-electron chi connectivity index (χ4n) is 2.16. The van der Waals surface area contributed by atoms with Gasteiger partial charge >= 0.3 is 0 Å². The van der Waals surface area contributed by atoms with Crippen molar-refractivity contribution in [2.75, 3.05) is 13.2 Å². The van der Waals surface area contributed by atoms with E-state index in [4.69, 9.17) is 0 Å². The zero-order valence-electron chi connectivity index (χ0n) is 9.39. The van der Waals surface area contributed by atoms with Crippen LogP contribution in [0.4, 0.5) is 0 Å². The Morgan fingerprint density at radius 1 is 1.69 bits per heavy atom. The second-order valence-corrected chi connectivity index (χ2v) is 4.11. The van der Waals surface area contributed by atoms with Gasteiger partial charge in [-0.1, -0.05) is 0 Å². The number of aryl methyl sites for hydroxylation is 1. The van der Waals surface area contributed by atoms with Gasteiger partial charge in [0.2, 0.25) is 0 Å². The molecule has 4 nitrogen and oxygen atoms in total. The summed E-state index contributed by atoms with van der Waals surface area (Å²) in [5.41, 5.74) is 1.39. The smallest absolute Gasteiger partial charge is 0.256 e. The molecule has 2 rings (SSSR count). The number of likely N-dealkylation sites (tertiary alicyclic amines) is 1. The van der Waals surface area contributed by atoms with Gasteiger partial charge in [-0.15, -0.1) is 0 Å². The zero-order chi connectivity index (χ0) is 11.5. The summed E-state index contributed by atoms with van der Waals surface area (Å²) in [4.78, 5) is 18.1. The summed E-state index contributed by atoms with van der Waals surface area (Å²) < 4.78 is 0. The lowest BCUT2D eigenvalue weighted by molar-refractivity contribution is 0.0676. The first-order valence-electron chi connectivity index (χ1n) is 5.57. The molecule has 1 atom stereocenters. The highest BCUT2D eigenvalue weighted by molar-refractivity contribution is 5.95. The van der Waals surface area contributed by atoms with Crippen molar-refractivity contribution in [2.24, 2.45) is 0 Å². The van der Waals surface area contributed by atoms with Crippen molar-refractivity contribution in [3.63, 3.8) is 0 Å². The van der Waals surface area contributed by atoms with E-state index >= 15 is 0 Å². The number of carbonyl (C=O) groups excluding carboxylic acids is 1. The van der Waals surface area contributed by atoms with Crippen molar-refractivity contribution in [1.82, 2.24) is 9.88 Å². The maximum absolute atomic E-state index is 12.2. The first-order valence-corrected chi connectivity index (χ1v) is 5.57. The monoisotopic (exact) mass is 220 g/mol. The van der Waals surface area contributed by atoms with Crippen molar-refractivity contribution >= 4 is 5.91 Å². The van der Waals surface area contributed by atoms with Crippen LogP contribution in [0.5, 0.6) is 0 Å². The number of amides is 1. The number of aromatic nitrogens is 1. The van der Waals surface area contributed by atoms with E-state index < -0.39 is 0 Å². The minimum atomic E-state index is -0.0212. The summed E-state index contributed by atoms with van der Waals surface area (Å²) in [6.45, 7) is 2.61. The molecule has 1 N–H and O–H groups in total. The first kappa shape index (κ1) is 11.1. The number of rotatable bonds is 2. The Bertz CT molecular complexity index is 392. The molecule has 1 aliphatic heterocycles. The van der Waals surface area contributed by atoms with Crippen LogP contribution in [0.25, 0.3) is 0 Å². The number of carbonyl (C=O) groups is 1. The van der Waals surface area contributed by atoms with Gasteiger partial charge in [0.25, 0.3) is 5.91 Å². The molecule has 0 unspecified atom stereocenters. The second kappa shape index (κ2) is 4.61. The number of aliphatic hydroxyl groups excluding tert-OH is 1. The van der Waals surface area contributed by atoms with Gasteiger partial charge in [-0.05, 0) is 31.9 Å². The van der Waals surface area contributed by atoms with Crippen LogP contribution in [-0.2, 0) is 0 Å². The number of pyridine rings is 1. The predicted octanol–water partition coefficient (Wildman–Crippen LogP) is 0.987. The Morgan fingerprint density at radius 3 is 3.19 bits per heavy atom. The third-order valence-corrected chi connectivity index (χ3v) is 3.09. The van der Waals surface area contributed by atoms with Crippen LogP contribution >= 0.6 is 0 Å². The third-order valence-electron chi connectivity index (χ3n) is 3.09. The lowest BCUT2D eigenvalue weighted by Crippen LogP contribution is -2.38. The van der Waals surface area contributed by atoms with Gasteiger partial charge in [0.15, 0.2) is 0 Å². The normalized spacial score (nSPS) is 20.1. The summed E-state index contributed by atoms with van der Waals surface area (Å²) in [6, 6.07) is 3.54. The van der Waals surface area contributed by atoms with Gasteiger partial charge in [-0.2, -0.15) is 0 Å². The summed E-state index contributed by atoms with van der Waals surface area (Å²) in [5.74, 6) is -0.0119. The molecule has 1 fully saturated rings. The number of aliphatic hydroxyl groups is 1. The minimum Gasteiger partial charge on any atom is -0.394 e. The Kier molecular flexibility index (Phi) is 3.19. The minimum absolute atomic E-state index is 0.0119. The largest absolute Gasteiger partial charge is 0.394 e. The van der Waals surface area contributed by atoms with E-state index in [2.05, 4.69) is 4.98 Å². The van der Waals surface area contributed by atoms with Gasteiger partial charge in [0, 0.05) is 18.4 Å². The molecule has 1 aliphatic rings. The van der Waals surface area contributed by atoms with Crippen LogP contribution < -0.4 is 0 Å². The van der Waals surface area contributed by atoms with Crippen LogP contribution in [0.2, 0.25) is 0 Å². The van der Waals surface area contributed by atoms with Gasteiger partial charge in [0.05, 0.1) is 18.2 Å². The topological polar surface area (TPSA) is 53.4 Å². The molecule has 0 spiro atoms. The average Bonchev–Trinajstić information content (AvgIpc) is 2.77.